The second kappa shape index (κ2) is 5.84. The van der Waals surface area contributed by atoms with Crippen LogP contribution < -0.4 is 0 Å². The van der Waals surface area contributed by atoms with Crippen molar-refractivity contribution in [3.63, 3.8) is 0 Å². The molecule has 0 spiro atoms. The summed E-state index contributed by atoms with van der Waals surface area (Å²) in [6.45, 7) is 7.18. The molecule has 5 heteroatoms. The summed E-state index contributed by atoms with van der Waals surface area (Å²) in [6.07, 6.45) is -0.0389. The first-order valence-electron chi connectivity index (χ1n) is 7.14. The highest BCUT2D eigenvalue weighted by atomic mass is 32.2. The molecule has 1 aromatic rings. The topological polar surface area (TPSA) is 57.6 Å². The molecule has 0 radical (unpaired) electrons. The zero-order valence-electron chi connectivity index (χ0n) is 12.3. The van der Waals surface area contributed by atoms with Gasteiger partial charge in [-0.2, -0.15) is 4.31 Å². The number of hydrogen-bond acceptors (Lipinski definition) is 3. The van der Waals surface area contributed by atoms with E-state index in [1.807, 2.05) is 6.92 Å². The van der Waals surface area contributed by atoms with Crippen LogP contribution in [0.5, 0.6) is 0 Å². The molecule has 1 aromatic carbocycles. The lowest BCUT2D eigenvalue weighted by Crippen LogP contribution is -2.29. The van der Waals surface area contributed by atoms with Gasteiger partial charge in [-0.1, -0.05) is 32.9 Å². The molecule has 1 heterocycles. The van der Waals surface area contributed by atoms with Crippen molar-refractivity contribution < 1.29 is 13.5 Å². The molecule has 0 aromatic heterocycles. The summed E-state index contributed by atoms with van der Waals surface area (Å²) < 4.78 is 26.8. The first-order chi connectivity index (χ1) is 9.36. The average Bonchev–Trinajstić information content (AvgIpc) is 2.78. The van der Waals surface area contributed by atoms with Gasteiger partial charge in [-0.3, -0.25) is 0 Å². The zero-order chi connectivity index (χ0) is 14.9. The van der Waals surface area contributed by atoms with Crippen LogP contribution in [-0.2, 0) is 10.0 Å². The van der Waals surface area contributed by atoms with E-state index < -0.39 is 16.1 Å². The highest BCUT2D eigenvalue weighted by Gasteiger charge is 2.35. The van der Waals surface area contributed by atoms with Gasteiger partial charge in [0.1, 0.15) is 0 Å². The molecule has 0 saturated carbocycles. The Morgan fingerprint density at radius 1 is 1.30 bits per heavy atom. The highest BCUT2D eigenvalue weighted by Crippen LogP contribution is 2.29. The number of aliphatic hydroxyl groups excluding tert-OH is 1. The Kier molecular flexibility index (Phi) is 4.52. The molecule has 2 rings (SSSR count). The van der Waals surface area contributed by atoms with E-state index in [-0.39, 0.29) is 4.90 Å². The molecule has 1 fully saturated rings. The van der Waals surface area contributed by atoms with Crippen molar-refractivity contribution >= 4 is 10.0 Å². The number of nitrogens with zero attached hydrogens (tertiary/aromatic N) is 1. The lowest BCUT2D eigenvalue weighted by Gasteiger charge is -2.17. The summed E-state index contributed by atoms with van der Waals surface area (Å²) in [7, 11) is -3.45. The largest absolute Gasteiger partial charge is 0.388 e. The zero-order valence-corrected chi connectivity index (χ0v) is 13.1. The van der Waals surface area contributed by atoms with E-state index in [9.17, 15) is 13.5 Å². The molecule has 1 aliphatic heterocycles. The second-order valence-corrected chi connectivity index (χ2v) is 7.71. The smallest absolute Gasteiger partial charge is 0.243 e. The Balaban J connectivity index is 2.31. The van der Waals surface area contributed by atoms with Crippen molar-refractivity contribution in [1.29, 1.82) is 0 Å². The van der Waals surface area contributed by atoms with Gasteiger partial charge in [0.05, 0.1) is 11.0 Å². The molecular weight excluding hydrogens is 274 g/mol. The van der Waals surface area contributed by atoms with Crippen LogP contribution in [-0.4, -0.2) is 30.9 Å². The average molecular weight is 297 g/mol. The number of sulfonamides is 1. The Morgan fingerprint density at radius 2 is 1.90 bits per heavy atom. The quantitative estimate of drug-likeness (QED) is 0.928. The van der Waals surface area contributed by atoms with Crippen molar-refractivity contribution in [3.05, 3.63) is 29.8 Å². The Bertz CT molecular complexity index is 560. The van der Waals surface area contributed by atoms with Gasteiger partial charge in [-0.05, 0) is 36.0 Å². The van der Waals surface area contributed by atoms with Crippen LogP contribution in [0.1, 0.15) is 38.9 Å². The maximum atomic E-state index is 12.6. The molecule has 4 nitrogen and oxygen atoms in total. The fourth-order valence-electron chi connectivity index (χ4n) is 2.54. The Morgan fingerprint density at radius 3 is 2.45 bits per heavy atom. The van der Waals surface area contributed by atoms with E-state index in [2.05, 4.69) is 13.8 Å². The van der Waals surface area contributed by atoms with E-state index in [1.54, 1.807) is 28.6 Å². The maximum Gasteiger partial charge on any atom is 0.243 e. The first-order valence-corrected chi connectivity index (χ1v) is 8.58. The van der Waals surface area contributed by atoms with E-state index in [0.717, 1.165) is 0 Å². The molecular formula is C15H23NO3S. The summed E-state index contributed by atoms with van der Waals surface area (Å²) in [5, 5.41) is 9.86. The van der Waals surface area contributed by atoms with Gasteiger partial charge < -0.3 is 5.11 Å². The van der Waals surface area contributed by atoms with Crippen molar-refractivity contribution in [2.24, 2.45) is 11.8 Å². The molecule has 3 unspecified atom stereocenters. The van der Waals surface area contributed by atoms with Crippen LogP contribution in [0.15, 0.2) is 29.2 Å². The normalized spacial score (nSPS) is 25.8. The third-order valence-electron chi connectivity index (χ3n) is 4.22. The molecule has 112 valence electrons. The van der Waals surface area contributed by atoms with Crippen molar-refractivity contribution in [2.45, 2.75) is 38.2 Å². The molecule has 0 bridgehead atoms. The van der Waals surface area contributed by atoms with Crippen LogP contribution in [0.3, 0.4) is 0 Å². The number of hydrogen-bond donors (Lipinski definition) is 1. The van der Waals surface area contributed by atoms with Gasteiger partial charge in [0, 0.05) is 13.1 Å². The summed E-state index contributed by atoms with van der Waals surface area (Å²) in [5.41, 5.74) is 0.661. The summed E-state index contributed by atoms with van der Waals surface area (Å²) >= 11 is 0. The first kappa shape index (κ1) is 15.5. The second-order valence-electron chi connectivity index (χ2n) is 5.77. The fourth-order valence-corrected chi connectivity index (χ4v) is 4.24. The van der Waals surface area contributed by atoms with E-state index in [4.69, 9.17) is 0 Å². The third-order valence-corrected chi connectivity index (χ3v) is 6.05. The van der Waals surface area contributed by atoms with Crippen LogP contribution in [0, 0.1) is 11.8 Å². The molecule has 1 N–H and O–H groups in total. The van der Waals surface area contributed by atoms with Crippen molar-refractivity contribution in [2.75, 3.05) is 13.1 Å². The lowest BCUT2D eigenvalue weighted by molar-refractivity contribution is 0.173. The minimum atomic E-state index is -3.45. The van der Waals surface area contributed by atoms with Crippen LogP contribution in [0.2, 0.25) is 0 Å². The Hall–Kier alpha value is -0.910. The highest BCUT2D eigenvalue weighted by molar-refractivity contribution is 7.89. The van der Waals surface area contributed by atoms with Crippen LogP contribution in [0.25, 0.3) is 0 Å². The van der Waals surface area contributed by atoms with Gasteiger partial charge >= 0.3 is 0 Å². The van der Waals surface area contributed by atoms with Gasteiger partial charge in [0.15, 0.2) is 0 Å². The minimum Gasteiger partial charge on any atom is -0.388 e. The SMILES string of the molecule is CCC(O)c1cccc(S(=O)(=O)N2CC(C)C(C)C2)c1. The molecule has 1 aliphatic rings. The van der Waals surface area contributed by atoms with Gasteiger partial charge in [0.25, 0.3) is 0 Å². The van der Waals surface area contributed by atoms with E-state index in [1.165, 1.54) is 0 Å². The molecule has 3 atom stereocenters. The lowest BCUT2D eigenvalue weighted by atomic mass is 10.0. The number of benzene rings is 1. The molecule has 0 amide bonds. The van der Waals surface area contributed by atoms with Gasteiger partial charge in [0.2, 0.25) is 10.0 Å². The Labute approximate surface area is 121 Å². The number of rotatable bonds is 4. The summed E-state index contributed by atoms with van der Waals surface area (Å²) in [6, 6.07) is 6.67. The van der Waals surface area contributed by atoms with E-state index >= 15 is 0 Å². The molecule has 0 aliphatic carbocycles. The van der Waals surface area contributed by atoms with E-state index in [0.29, 0.717) is 36.9 Å². The van der Waals surface area contributed by atoms with Gasteiger partial charge in [-0.25, -0.2) is 8.42 Å². The number of aliphatic hydroxyl groups is 1. The predicted octanol–water partition coefficient (Wildman–Crippen LogP) is 2.41. The predicted molar refractivity (Wildman–Crippen MR) is 78.8 cm³/mol. The summed E-state index contributed by atoms with van der Waals surface area (Å²) in [5.74, 6) is 0.767. The van der Waals surface area contributed by atoms with Crippen molar-refractivity contribution in [3.8, 4) is 0 Å². The van der Waals surface area contributed by atoms with Crippen LogP contribution >= 0.6 is 0 Å². The summed E-state index contributed by atoms with van der Waals surface area (Å²) in [4.78, 5) is 0.281. The maximum absolute atomic E-state index is 12.6. The molecule has 1 saturated heterocycles. The standard InChI is InChI=1S/C15H23NO3S/c1-4-15(17)13-6-5-7-14(8-13)20(18,19)16-9-11(2)12(3)10-16/h5-8,11-12,15,17H,4,9-10H2,1-3H3. The minimum absolute atomic E-state index is 0.281. The molecule has 20 heavy (non-hydrogen) atoms. The fraction of sp³-hybridized carbons (Fsp3) is 0.600. The van der Waals surface area contributed by atoms with Crippen molar-refractivity contribution in [1.82, 2.24) is 4.31 Å². The van der Waals surface area contributed by atoms with Gasteiger partial charge in [-0.15, -0.1) is 0 Å². The van der Waals surface area contributed by atoms with Crippen LogP contribution in [0.4, 0.5) is 0 Å². The third kappa shape index (κ3) is 2.90. The monoisotopic (exact) mass is 297 g/mol.